The summed E-state index contributed by atoms with van der Waals surface area (Å²) in [6.45, 7) is 5.33. The zero-order valence-corrected chi connectivity index (χ0v) is 26.0. The van der Waals surface area contributed by atoms with Crippen LogP contribution in [0.4, 0.5) is 16.0 Å². The predicted molar refractivity (Wildman–Crippen MR) is 169 cm³/mol. The molecule has 0 bridgehead atoms. The van der Waals surface area contributed by atoms with Gasteiger partial charge in [-0.1, -0.05) is 6.92 Å². The van der Waals surface area contributed by atoms with Gasteiger partial charge in [0.25, 0.3) is 11.5 Å². The van der Waals surface area contributed by atoms with Gasteiger partial charge in [-0.25, -0.2) is 19.8 Å². The van der Waals surface area contributed by atoms with Crippen molar-refractivity contribution in [3.63, 3.8) is 0 Å². The van der Waals surface area contributed by atoms with Crippen LogP contribution in [-0.2, 0) is 29.1 Å². The Hall–Kier alpha value is -5.01. The van der Waals surface area contributed by atoms with Gasteiger partial charge >= 0.3 is 5.69 Å². The highest BCUT2D eigenvalue weighted by Gasteiger charge is 2.27. The molecule has 2 aliphatic heterocycles. The number of hydrogen-bond donors (Lipinski definition) is 1. The van der Waals surface area contributed by atoms with Crippen LogP contribution in [0.1, 0.15) is 67.4 Å². The fraction of sp³-hybridized carbons (Fsp3) is 0.438. The molecule has 1 fully saturated rings. The van der Waals surface area contributed by atoms with Crippen molar-refractivity contribution in [3.05, 3.63) is 80.1 Å². The molecule has 5 rings (SSSR count). The highest BCUT2D eigenvalue weighted by Crippen LogP contribution is 2.26. The van der Waals surface area contributed by atoms with Gasteiger partial charge in [0.15, 0.2) is 0 Å². The van der Waals surface area contributed by atoms with Gasteiger partial charge in [-0.2, -0.15) is 4.39 Å². The zero-order chi connectivity index (χ0) is 32.8. The lowest BCUT2D eigenvalue weighted by molar-refractivity contribution is -0.133. The molecule has 1 saturated heterocycles. The smallest absolute Gasteiger partial charge is 0.332 e. The average Bonchev–Trinajstić information content (AvgIpc) is 3.49. The summed E-state index contributed by atoms with van der Waals surface area (Å²) in [5.41, 5.74) is 0.859. The van der Waals surface area contributed by atoms with Gasteiger partial charge in [0.2, 0.25) is 17.8 Å². The Kier molecular flexibility index (Phi) is 10.1. The van der Waals surface area contributed by atoms with Crippen molar-refractivity contribution in [2.45, 2.75) is 65.5 Å². The largest absolute Gasteiger partial charge is 0.355 e. The Morgan fingerprint density at radius 2 is 1.83 bits per heavy atom. The monoisotopic (exact) mass is 632 g/mol. The second-order valence-corrected chi connectivity index (χ2v) is 11.3. The number of pyridine rings is 2. The van der Waals surface area contributed by atoms with E-state index in [9.17, 15) is 28.4 Å². The number of piperidine rings is 1. The second kappa shape index (κ2) is 14.4. The molecule has 0 spiro atoms. The van der Waals surface area contributed by atoms with Crippen LogP contribution >= 0.6 is 0 Å². The van der Waals surface area contributed by atoms with E-state index in [1.807, 2.05) is 11.8 Å². The number of fused-ring (bicyclic) bond motifs is 1. The highest BCUT2D eigenvalue weighted by atomic mass is 19.1. The van der Waals surface area contributed by atoms with Crippen LogP contribution in [-0.4, -0.2) is 73.6 Å². The van der Waals surface area contributed by atoms with Crippen LogP contribution < -0.4 is 21.5 Å². The SMILES string of the molecule is CCCn1c(=O)c2c(n(CCNC(C)=O)c1=O)N=C(c1ccc(N(CCCN3CCCCC3=O)C(=O)c3ccc(F)nc3)nc1)C2. The summed E-state index contributed by atoms with van der Waals surface area (Å²) >= 11 is 0. The van der Waals surface area contributed by atoms with E-state index in [4.69, 9.17) is 0 Å². The fourth-order valence-electron chi connectivity index (χ4n) is 5.71. The number of aromatic nitrogens is 4. The molecule has 13 nitrogen and oxygen atoms in total. The van der Waals surface area contributed by atoms with Crippen LogP contribution in [0.15, 0.2) is 51.2 Å². The summed E-state index contributed by atoms with van der Waals surface area (Å²) < 4.78 is 16.1. The van der Waals surface area contributed by atoms with Gasteiger partial charge in [-0.05, 0) is 49.9 Å². The van der Waals surface area contributed by atoms with Gasteiger partial charge in [-0.15, -0.1) is 0 Å². The van der Waals surface area contributed by atoms with Crippen molar-refractivity contribution in [2.24, 2.45) is 4.99 Å². The maximum atomic E-state index is 13.5. The number of likely N-dealkylation sites (tertiary alicyclic amines) is 1. The number of nitrogens with zero attached hydrogens (tertiary/aromatic N) is 7. The van der Waals surface area contributed by atoms with Gasteiger partial charge in [0.1, 0.15) is 11.6 Å². The molecule has 242 valence electrons. The third kappa shape index (κ3) is 7.11. The number of nitrogens with one attached hydrogen (secondary N) is 1. The molecular weight excluding hydrogens is 595 g/mol. The van der Waals surface area contributed by atoms with Gasteiger partial charge < -0.3 is 10.2 Å². The van der Waals surface area contributed by atoms with E-state index in [1.165, 1.54) is 33.2 Å². The lowest BCUT2D eigenvalue weighted by Gasteiger charge is -2.28. The van der Waals surface area contributed by atoms with Crippen molar-refractivity contribution in [1.82, 2.24) is 29.3 Å². The summed E-state index contributed by atoms with van der Waals surface area (Å²) in [6.07, 6.45) is 6.38. The average molecular weight is 633 g/mol. The maximum absolute atomic E-state index is 13.5. The van der Waals surface area contributed by atoms with Gasteiger partial charge in [0.05, 0.1) is 16.8 Å². The summed E-state index contributed by atoms with van der Waals surface area (Å²) in [5.74, 6) is -0.631. The molecule has 0 radical (unpaired) electrons. The van der Waals surface area contributed by atoms with Crippen LogP contribution in [0, 0.1) is 5.95 Å². The summed E-state index contributed by atoms with van der Waals surface area (Å²) in [4.78, 5) is 79.9. The van der Waals surface area contributed by atoms with Gasteiger partial charge in [0, 0.05) is 77.0 Å². The Balaban J connectivity index is 1.41. The van der Waals surface area contributed by atoms with E-state index in [2.05, 4.69) is 20.3 Å². The first-order valence-electron chi connectivity index (χ1n) is 15.5. The first kappa shape index (κ1) is 32.4. The number of aliphatic imine (C=N–C) groups is 1. The third-order valence-corrected chi connectivity index (χ3v) is 8.04. The standard InChI is InChI=1S/C32H37FN8O5/c1-3-13-41-31(45)24-18-25(37-29(24)40(32(41)46)17-12-34-21(2)42)22-9-11-27(36-19-22)39(30(44)23-8-10-26(33)35-20-23)16-6-15-38-14-5-4-7-28(38)43/h8-11,19-20H,3-7,12-18H2,1-2H3,(H,34,42). The van der Waals surface area contributed by atoms with E-state index >= 15 is 0 Å². The molecule has 3 amide bonds. The molecule has 0 atom stereocenters. The molecule has 5 heterocycles. The minimum atomic E-state index is -0.700. The van der Waals surface area contributed by atoms with Crippen molar-refractivity contribution >= 4 is 35.1 Å². The molecule has 1 N–H and O–H groups in total. The number of carbonyl (C=O) groups excluding carboxylic acids is 3. The molecule has 0 aliphatic carbocycles. The second-order valence-electron chi connectivity index (χ2n) is 11.3. The van der Waals surface area contributed by atoms with Crippen LogP contribution in [0.3, 0.4) is 0 Å². The molecular formula is C32H37FN8O5. The minimum absolute atomic E-state index is 0.106. The van der Waals surface area contributed by atoms with Crippen molar-refractivity contribution in [3.8, 4) is 0 Å². The lowest BCUT2D eigenvalue weighted by atomic mass is 10.1. The number of halogens is 1. The van der Waals surface area contributed by atoms with E-state index < -0.39 is 23.1 Å². The Bertz CT molecular complexity index is 1770. The van der Waals surface area contributed by atoms with Crippen molar-refractivity contribution in [2.75, 3.05) is 31.1 Å². The molecule has 3 aromatic heterocycles. The third-order valence-electron chi connectivity index (χ3n) is 8.04. The first-order valence-corrected chi connectivity index (χ1v) is 15.5. The van der Waals surface area contributed by atoms with E-state index in [0.29, 0.717) is 55.0 Å². The molecule has 2 aliphatic rings. The quantitative estimate of drug-likeness (QED) is 0.301. The first-order chi connectivity index (χ1) is 22.2. The highest BCUT2D eigenvalue weighted by molar-refractivity contribution is 6.07. The van der Waals surface area contributed by atoms with Gasteiger partial charge in [-0.3, -0.25) is 33.2 Å². The van der Waals surface area contributed by atoms with E-state index in [-0.39, 0.29) is 55.8 Å². The fourth-order valence-corrected chi connectivity index (χ4v) is 5.71. The molecule has 3 aromatic rings. The predicted octanol–water partition coefficient (Wildman–Crippen LogP) is 2.21. The van der Waals surface area contributed by atoms with E-state index in [0.717, 1.165) is 18.9 Å². The topological polar surface area (TPSA) is 152 Å². The number of amides is 3. The normalized spacial score (nSPS) is 14.2. The van der Waals surface area contributed by atoms with Crippen LogP contribution in [0.2, 0.25) is 0 Å². The summed E-state index contributed by atoms with van der Waals surface area (Å²) in [6, 6.07) is 5.89. The lowest BCUT2D eigenvalue weighted by Crippen LogP contribution is -2.42. The molecule has 46 heavy (non-hydrogen) atoms. The number of carbonyl (C=O) groups is 3. The Morgan fingerprint density at radius 3 is 2.50 bits per heavy atom. The maximum Gasteiger partial charge on any atom is 0.332 e. The number of hydrogen-bond acceptors (Lipinski definition) is 8. The van der Waals surface area contributed by atoms with Crippen molar-refractivity contribution < 1.29 is 18.8 Å². The van der Waals surface area contributed by atoms with Crippen molar-refractivity contribution in [1.29, 1.82) is 0 Å². The van der Waals surface area contributed by atoms with Crippen LogP contribution in [0.5, 0.6) is 0 Å². The molecule has 0 unspecified atom stereocenters. The number of rotatable bonds is 12. The minimum Gasteiger partial charge on any atom is -0.355 e. The summed E-state index contributed by atoms with van der Waals surface area (Å²) in [5, 5.41) is 2.68. The number of anilines is 1. The zero-order valence-electron chi connectivity index (χ0n) is 26.0. The van der Waals surface area contributed by atoms with Crippen LogP contribution in [0.25, 0.3) is 0 Å². The molecule has 0 aromatic carbocycles. The molecule has 0 saturated carbocycles. The summed E-state index contributed by atoms with van der Waals surface area (Å²) in [7, 11) is 0. The Labute approximate surface area is 264 Å². The molecule has 14 heteroatoms. The Morgan fingerprint density at radius 1 is 1.00 bits per heavy atom. The van der Waals surface area contributed by atoms with E-state index in [1.54, 1.807) is 18.3 Å².